The molecule has 0 aliphatic heterocycles. The van der Waals surface area contributed by atoms with E-state index in [9.17, 15) is 0 Å². The lowest BCUT2D eigenvalue weighted by Gasteiger charge is -1.82. The van der Waals surface area contributed by atoms with Gasteiger partial charge in [-0.2, -0.15) is 0 Å². The minimum Gasteiger partial charge on any atom is -0.324 e. The lowest BCUT2D eigenvalue weighted by atomic mass is 10.2. The Morgan fingerprint density at radius 2 is 1.69 bits per heavy atom. The third-order valence-electron chi connectivity index (χ3n) is 1.04. The van der Waals surface area contributed by atoms with E-state index in [-0.39, 0.29) is 7.97 Å². The van der Waals surface area contributed by atoms with Crippen LogP contribution in [0.1, 0.15) is 20.8 Å². The zero-order valence-corrected chi connectivity index (χ0v) is 8.66. The smallest absolute Gasteiger partial charge is 0.133 e. The van der Waals surface area contributed by atoms with Gasteiger partial charge in [0.15, 0.2) is 0 Å². The zero-order chi connectivity index (χ0) is 10.5. The maximum absolute atomic E-state index is 9.05. The highest BCUT2D eigenvalue weighted by Crippen LogP contribution is 1.92. The van der Waals surface area contributed by atoms with Crippen molar-refractivity contribution in [2.45, 2.75) is 20.8 Å². The molecule has 13 heavy (non-hydrogen) atoms. The second-order valence-electron chi connectivity index (χ2n) is 2.06. The molecule has 2 N–H and O–H groups in total. The van der Waals surface area contributed by atoms with Crippen LogP contribution in [0.4, 0.5) is 0 Å². The summed E-state index contributed by atoms with van der Waals surface area (Å²) in [7, 11) is 0. The Bertz CT molecular complexity index is 190. The monoisotopic (exact) mass is 183 g/mol. The molecular formula is C11H21NO. The largest absolute Gasteiger partial charge is 0.324 e. The second-order valence-corrected chi connectivity index (χ2v) is 2.06. The molecule has 0 saturated heterocycles. The molecule has 0 fully saturated rings. The maximum Gasteiger partial charge on any atom is 0.133 e. The number of nitrogens with two attached hydrogens (primary N) is 1. The number of rotatable bonds is 1. The molecule has 0 amide bonds. The van der Waals surface area contributed by atoms with Gasteiger partial charge >= 0.3 is 0 Å². The van der Waals surface area contributed by atoms with Crippen molar-refractivity contribution in [1.82, 2.24) is 0 Å². The van der Waals surface area contributed by atoms with Crippen LogP contribution in [0.25, 0.3) is 0 Å². The van der Waals surface area contributed by atoms with Crippen LogP contribution in [0.2, 0.25) is 0 Å². The molecule has 0 atom stereocenters. The van der Waals surface area contributed by atoms with Gasteiger partial charge in [-0.1, -0.05) is 49.7 Å². The molecule has 76 valence electrons. The molecule has 2 nitrogen and oxygen atoms in total. The normalized spacial score (nSPS) is 7.08. The summed E-state index contributed by atoms with van der Waals surface area (Å²) in [6.07, 6.45) is 0.653. The van der Waals surface area contributed by atoms with E-state index in [0.29, 0.717) is 6.29 Å². The minimum atomic E-state index is 0. The Morgan fingerprint density at radius 3 is 1.85 bits per heavy atom. The van der Waals surface area contributed by atoms with Gasteiger partial charge in [0.25, 0.3) is 0 Å². The van der Waals surface area contributed by atoms with Gasteiger partial charge in [-0.15, -0.1) is 0 Å². The lowest BCUT2D eigenvalue weighted by Crippen LogP contribution is -1.97. The predicted molar refractivity (Wildman–Crippen MR) is 59.8 cm³/mol. The van der Waals surface area contributed by atoms with Crippen LogP contribution >= 0.6 is 0 Å². The second kappa shape index (κ2) is 13.4. The fraction of sp³-hybridized carbons (Fsp3) is 0.364. The topological polar surface area (TPSA) is 43.1 Å². The van der Waals surface area contributed by atoms with E-state index in [4.69, 9.17) is 4.79 Å². The SMILES string of the molecule is CC.Cc1ccccc1.NCC=O.[HH]. The quantitative estimate of drug-likeness (QED) is 0.679. The standard InChI is InChI=1S/C7H8.C2H5NO.C2H6.H2/c1-7-5-3-2-4-6-7;3-1-2-4;1-2;/h2-6H,1H3;2H,1,3H2;1-2H3;1H. The third-order valence-corrected chi connectivity index (χ3v) is 1.04. The highest BCUT2D eigenvalue weighted by molar-refractivity contribution is 5.51. The van der Waals surface area contributed by atoms with E-state index >= 15 is 0 Å². The van der Waals surface area contributed by atoms with Gasteiger partial charge in [-0.3, -0.25) is 0 Å². The number of aryl methyl sites for hydroxylation is 1. The Balaban J connectivity index is -0.000000152. The first-order valence-electron chi connectivity index (χ1n) is 4.46. The molecule has 2 heteroatoms. The van der Waals surface area contributed by atoms with Gasteiger partial charge in [-0.05, 0) is 6.92 Å². The van der Waals surface area contributed by atoms with Crippen molar-refractivity contribution in [3.63, 3.8) is 0 Å². The van der Waals surface area contributed by atoms with Crippen molar-refractivity contribution in [2.75, 3.05) is 6.54 Å². The van der Waals surface area contributed by atoms with Gasteiger partial charge < -0.3 is 10.5 Å². The van der Waals surface area contributed by atoms with Crippen LogP contribution in [-0.2, 0) is 4.79 Å². The molecule has 0 bridgehead atoms. The van der Waals surface area contributed by atoms with Crippen molar-refractivity contribution in [3.05, 3.63) is 35.9 Å². The van der Waals surface area contributed by atoms with Crippen molar-refractivity contribution >= 4 is 6.29 Å². The van der Waals surface area contributed by atoms with Crippen LogP contribution in [0.5, 0.6) is 0 Å². The highest BCUT2D eigenvalue weighted by Gasteiger charge is 1.72. The maximum atomic E-state index is 9.05. The van der Waals surface area contributed by atoms with E-state index < -0.39 is 0 Å². The average Bonchev–Trinajstić information content (AvgIpc) is 2.22. The number of hydrogen-bond donors (Lipinski definition) is 1. The molecule has 0 aromatic heterocycles. The summed E-state index contributed by atoms with van der Waals surface area (Å²) < 4.78 is 0. The minimum absolute atomic E-state index is 0. The summed E-state index contributed by atoms with van der Waals surface area (Å²) in [5.41, 5.74) is 5.98. The first kappa shape index (κ1) is 14.4. The Kier molecular flexibility index (Phi) is 14.9. The van der Waals surface area contributed by atoms with E-state index in [1.807, 2.05) is 32.0 Å². The molecule has 0 heterocycles. The number of aldehydes is 1. The summed E-state index contributed by atoms with van der Waals surface area (Å²) in [4.78, 5) is 9.05. The van der Waals surface area contributed by atoms with Gasteiger partial charge in [0.05, 0.1) is 0 Å². The number of carbonyl (C=O) groups excluding carboxylic acids is 1. The molecule has 1 aromatic rings. The molecule has 0 spiro atoms. The average molecular weight is 183 g/mol. The summed E-state index contributed by atoms with van der Waals surface area (Å²) >= 11 is 0. The van der Waals surface area contributed by atoms with Gasteiger partial charge in [0.1, 0.15) is 6.29 Å². The zero-order valence-electron chi connectivity index (χ0n) is 8.66. The predicted octanol–water partition coefficient (Wildman–Crippen LogP) is 2.41. The number of hydrogen-bond acceptors (Lipinski definition) is 2. The molecule has 0 aliphatic rings. The molecule has 0 unspecified atom stereocenters. The van der Waals surface area contributed by atoms with E-state index in [1.165, 1.54) is 5.56 Å². The van der Waals surface area contributed by atoms with Crippen LogP contribution in [0.15, 0.2) is 30.3 Å². The van der Waals surface area contributed by atoms with E-state index in [2.05, 4.69) is 24.8 Å². The van der Waals surface area contributed by atoms with Gasteiger partial charge in [-0.25, -0.2) is 0 Å². The first-order chi connectivity index (χ1) is 6.31. The fourth-order valence-electron chi connectivity index (χ4n) is 0.534. The van der Waals surface area contributed by atoms with Crippen LogP contribution < -0.4 is 5.73 Å². The summed E-state index contributed by atoms with van der Waals surface area (Å²) in [6.45, 7) is 6.22. The van der Waals surface area contributed by atoms with Gasteiger partial charge in [0.2, 0.25) is 0 Å². The van der Waals surface area contributed by atoms with Crippen molar-refractivity contribution < 1.29 is 6.22 Å². The lowest BCUT2D eigenvalue weighted by molar-refractivity contribution is -0.106. The molecular weight excluding hydrogens is 162 g/mol. The van der Waals surface area contributed by atoms with Crippen LogP contribution in [0, 0.1) is 6.92 Å². The van der Waals surface area contributed by atoms with Crippen molar-refractivity contribution in [3.8, 4) is 0 Å². The Hall–Kier alpha value is -1.15. The fourth-order valence-corrected chi connectivity index (χ4v) is 0.534. The highest BCUT2D eigenvalue weighted by atomic mass is 16.1. The molecule has 1 aromatic carbocycles. The summed E-state index contributed by atoms with van der Waals surface area (Å²) in [5.74, 6) is 0. The Morgan fingerprint density at radius 1 is 1.31 bits per heavy atom. The summed E-state index contributed by atoms with van der Waals surface area (Å²) in [5, 5.41) is 0. The third kappa shape index (κ3) is 13.8. The van der Waals surface area contributed by atoms with Crippen LogP contribution in [-0.4, -0.2) is 12.8 Å². The summed E-state index contributed by atoms with van der Waals surface area (Å²) in [6, 6.07) is 10.3. The van der Waals surface area contributed by atoms with E-state index in [0.717, 1.165) is 0 Å². The first-order valence-corrected chi connectivity index (χ1v) is 4.46. The molecule has 0 aliphatic carbocycles. The van der Waals surface area contributed by atoms with Crippen LogP contribution in [0.3, 0.4) is 0 Å². The molecule has 0 saturated carbocycles. The molecule has 1 rings (SSSR count). The molecule has 0 radical (unpaired) electrons. The van der Waals surface area contributed by atoms with E-state index in [1.54, 1.807) is 0 Å². The Labute approximate surface area is 82.3 Å². The van der Waals surface area contributed by atoms with Crippen molar-refractivity contribution in [2.24, 2.45) is 5.73 Å². The van der Waals surface area contributed by atoms with Gasteiger partial charge in [0, 0.05) is 7.97 Å². The van der Waals surface area contributed by atoms with Crippen molar-refractivity contribution in [1.29, 1.82) is 0 Å². The number of carbonyl (C=O) groups is 1. The number of benzene rings is 1.